The minimum Gasteiger partial charge on any atom is -0.494 e. The summed E-state index contributed by atoms with van der Waals surface area (Å²) in [6.45, 7) is 6.23. The monoisotopic (exact) mass is 313 g/mol. The summed E-state index contributed by atoms with van der Waals surface area (Å²) < 4.78 is 7.03. The van der Waals surface area contributed by atoms with Crippen molar-refractivity contribution in [1.82, 2.24) is 9.78 Å². The number of rotatable bonds is 4. The summed E-state index contributed by atoms with van der Waals surface area (Å²) in [4.78, 5) is 26.3. The molecule has 23 heavy (non-hydrogen) atoms. The molecule has 120 valence electrons. The van der Waals surface area contributed by atoms with Gasteiger partial charge in [-0.3, -0.25) is 14.3 Å². The number of aryl methyl sites for hydroxylation is 2. The maximum Gasteiger partial charge on any atom is 0.259 e. The Labute approximate surface area is 134 Å². The Kier molecular flexibility index (Phi) is 3.90. The van der Waals surface area contributed by atoms with Gasteiger partial charge in [-0.2, -0.15) is 5.10 Å². The molecule has 0 unspecified atom stereocenters. The molecule has 1 saturated heterocycles. The van der Waals surface area contributed by atoms with Gasteiger partial charge in [-0.15, -0.1) is 0 Å². The molecular weight excluding hydrogens is 294 g/mol. The van der Waals surface area contributed by atoms with Crippen LogP contribution in [0.5, 0.6) is 5.75 Å². The Morgan fingerprint density at radius 3 is 2.48 bits per heavy atom. The van der Waals surface area contributed by atoms with Gasteiger partial charge in [0.15, 0.2) is 0 Å². The van der Waals surface area contributed by atoms with Crippen molar-refractivity contribution in [2.75, 3.05) is 11.5 Å². The molecule has 1 aromatic carbocycles. The lowest BCUT2D eigenvalue weighted by Gasteiger charge is -2.16. The highest BCUT2D eigenvalue weighted by molar-refractivity contribution is 6.21. The smallest absolute Gasteiger partial charge is 0.259 e. The van der Waals surface area contributed by atoms with Crippen molar-refractivity contribution in [2.45, 2.75) is 33.2 Å². The zero-order chi connectivity index (χ0) is 16.6. The largest absolute Gasteiger partial charge is 0.494 e. The van der Waals surface area contributed by atoms with E-state index in [0.29, 0.717) is 18.0 Å². The van der Waals surface area contributed by atoms with E-state index in [1.54, 1.807) is 28.9 Å². The Morgan fingerprint density at radius 1 is 1.22 bits per heavy atom. The number of imide groups is 1. The van der Waals surface area contributed by atoms with E-state index in [1.807, 2.05) is 26.8 Å². The van der Waals surface area contributed by atoms with Crippen molar-refractivity contribution in [2.24, 2.45) is 0 Å². The zero-order valence-electron chi connectivity index (χ0n) is 13.4. The summed E-state index contributed by atoms with van der Waals surface area (Å²) in [5.41, 5.74) is 2.27. The van der Waals surface area contributed by atoms with E-state index < -0.39 is 6.04 Å². The summed E-state index contributed by atoms with van der Waals surface area (Å²) >= 11 is 0. The lowest BCUT2D eigenvalue weighted by Crippen LogP contribution is -2.31. The maximum atomic E-state index is 12.7. The molecule has 0 saturated carbocycles. The molecule has 0 aliphatic carbocycles. The molecule has 3 rings (SSSR count). The van der Waals surface area contributed by atoms with Crippen LogP contribution in [0, 0.1) is 13.8 Å². The van der Waals surface area contributed by atoms with Gasteiger partial charge in [-0.05, 0) is 51.1 Å². The van der Waals surface area contributed by atoms with E-state index in [0.717, 1.165) is 11.4 Å². The van der Waals surface area contributed by atoms with Crippen molar-refractivity contribution in [1.29, 1.82) is 0 Å². The van der Waals surface area contributed by atoms with Crippen molar-refractivity contribution >= 4 is 17.5 Å². The highest BCUT2D eigenvalue weighted by atomic mass is 16.5. The minimum atomic E-state index is -0.567. The first kappa shape index (κ1) is 15.3. The fourth-order valence-electron chi connectivity index (χ4n) is 2.90. The number of hydrogen-bond donors (Lipinski definition) is 0. The summed E-state index contributed by atoms with van der Waals surface area (Å²) in [7, 11) is 0. The average Bonchev–Trinajstić information content (AvgIpc) is 2.99. The second kappa shape index (κ2) is 5.87. The van der Waals surface area contributed by atoms with Gasteiger partial charge >= 0.3 is 0 Å². The summed E-state index contributed by atoms with van der Waals surface area (Å²) in [6.07, 6.45) is 0.133. The lowest BCUT2D eigenvalue weighted by atomic mass is 10.2. The summed E-state index contributed by atoms with van der Waals surface area (Å²) in [5, 5.41) is 4.34. The molecular formula is C17H19N3O3. The van der Waals surface area contributed by atoms with E-state index in [2.05, 4.69) is 5.10 Å². The SMILES string of the molecule is CCOc1ccc(N2C(=O)C[C@H](n3nc(C)cc3C)C2=O)cc1. The third-order valence-electron chi connectivity index (χ3n) is 3.87. The normalized spacial score (nSPS) is 17.9. The van der Waals surface area contributed by atoms with Crippen LogP contribution < -0.4 is 9.64 Å². The van der Waals surface area contributed by atoms with Crippen LogP contribution in [0.1, 0.15) is 30.8 Å². The van der Waals surface area contributed by atoms with E-state index in [9.17, 15) is 9.59 Å². The molecule has 0 bridgehead atoms. The van der Waals surface area contributed by atoms with Crippen LogP contribution in [0.2, 0.25) is 0 Å². The van der Waals surface area contributed by atoms with Crippen LogP contribution in [-0.2, 0) is 9.59 Å². The Bertz CT molecular complexity index is 749. The third-order valence-corrected chi connectivity index (χ3v) is 3.87. The van der Waals surface area contributed by atoms with Crippen LogP contribution >= 0.6 is 0 Å². The van der Waals surface area contributed by atoms with Gasteiger partial charge in [0.05, 0.1) is 24.4 Å². The molecule has 1 aromatic heterocycles. The Hall–Kier alpha value is -2.63. The van der Waals surface area contributed by atoms with Gasteiger partial charge < -0.3 is 4.74 Å². The lowest BCUT2D eigenvalue weighted by molar-refractivity contribution is -0.122. The zero-order valence-corrected chi connectivity index (χ0v) is 13.4. The Morgan fingerprint density at radius 2 is 1.91 bits per heavy atom. The van der Waals surface area contributed by atoms with Crippen LogP contribution in [-0.4, -0.2) is 28.2 Å². The van der Waals surface area contributed by atoms with Gasteiger partial charge in [0, 0.05) is 5.69 Å². The van der Waals surface area contributed by atoms with E-state index >= 15 is 0 Å². The molecule has 1 atom stereocenters. The number of anilines is 1. The molecule has 1 aliphatic heterocycles. The van der Waals surface area contributed by atoms with Gasteiger partial charge in [0.25, 0.3) is 5.91 Å². The molecule has 0 spiro atoms. The highest BCUT2D eigenvalue weighted by Crippen LogP contribution is 2.31. The molecule has 6 nitrogen and oxygen atoms in total. The molecule has 1 aliphatic rings. The van der Waals surface area contributed by atoms with Crippen LogP contribution in [0.25, 0.3) is 0 Å². The molecule has 2 aromatic rings. The second-order valence-corrected chi connectivity index (χ2v) is 5.59. The fourth-order valence-corrected chi connectivity index (χ4v) is 2.90. The van der Waals surface area contributed by atoms with Gasteiger partial charge in [-0.25, -0.2) is 4.90 Å². The van der Waals surface area contributed by atoms with Gasteiger partial charge in [0.2, 0.25) is 5.91 Å². The molecule has 6 heteroatoms. The van der Waals surface area contributed by atoms with Crippen LogP contribution in [0.4, 0.5) is 5.69 Å². The number of nitrogens with zero attached hydrogens (tertiary/aromatic N) is 3. The van der Waals surface area contributed by atoms with Gasteiger partial charge in [-0.1, -0.05) is 0 Å². The first-order valence-corrected chi connectivity index (χ1v) is 7.63. The first-order valence-electron chi connectivity index (χ1n) is 7.63. The van der Waals surface area contributed by atoms with E-state index in [4.69, 9.17) is 4.74 Å². The minimum absolute atomic E-state index is 0.133. The molecule has 1 fully saturated rings. The predicted octanol–water partition coefficient (Wildman–Crippen LogP) is 2.40. The number of carbonyl (C=O) groups is 2. The van der Waals surface area contributed by atoms with E-state index in [1.165, 1.54) is 4.90 Å². The standard InChI is InChI=1S/C17H19N3O3/c1-4-23-14-7-5-13(6-8-14)19-16(21)10-15(17(19)22)20-12(3)9-11(2)18-20/h5-9,15H,4,10H2,1-3H3/t15-/m0/s1. The highest BCUT2D eigenvalue weighted by Gasteiger charge is 2.41. The molecule has 2 heterocycles. The summed E-state index contributed by atoms with van der Waals surface area (Å²) in [5.74, 6) is 0.257. The number of ether oxygens (including phenoxy) is 1. The quantitative estimate of drug-likeness (QED) is 0.813. The third kappa shape index (κ3) is 2.72. The topological polar surface area (TPSA) is 64.4 Å². The number of hydrogen-bond acceptors (Lipinski definition) is 4. The number of carbonyl (C=O) groups excluding carboxylic acids is 2. The van der Waals surface area contributed by atoms with Crippen molar-refractivity contribution in [3.05, 3.63) is 41.7 Å². The predicted molar refractivity (Wildman–Crippen MR) is 85.5 cm³/mol. The van der Waals surface area contributed by atoms with Gasteiger partial charge in [0.1, 0.15) is 11.8 Å². The molecule has 2 amide bonds. The van der Waals surface area contributed by atoms with Crippen molar-refractivity contribution in [3.8, 4) is 5.75 Å². The van der Waals surface area contributed by atoms with E-state index in [-0.39, 0.29) is 18.2 Å². The number of aromatic nitrogens is 2. The first-order chi connectivity index (χ1) is 11.0. The van der Waals surface area contributed by atoms with Crippen molar-refractivity contribution in [3.63, 3.8) is 0 Å². The average molecular weight is 313 g/mol. The van der Waals surface area contributed by atoms with Crippen molar-refractivity contribution < 1.29 is 14.3 Å². The summed E-state index contributed by atoms with van der Waals surface area (Å²) in [6, 6.07) is 8.31. The molecule has 0 N–H and O–H groups in total. The van der Waals surface area contributed by atoms with Crippen LogP contribution in [0.15, 0.2) is 30.3 Å². The second-order valence-electron chi connectivity index (χ2n) is 5.59. The number of benzene rings is 1. The Balaban J connectivity index is 1.88. The fraction of sp³-hybridized carbons (Fsp3) is 0.353. The molecule has 0 radical (unpaired) electrons. The maximum absolute atomic E-state index is 12.7. The van der Waals surface area contributed by atoms with Crippen LogP contribution in [0.3, 0.4) is 0 Å². The number of amides is 2.